The second-order valence-electron chi connectivity index (χ2n) is 6.81. The molecule has 2 amide bonds. The van der Waals surface area contributed by atoms with Gasteiger partial charge in [0.1, 0.15) is 16.2 Å². The van der Waals surface area contributed by atoms with Gasteiger partial charge in [-0.3, -0.25) is 0 Å². The zero-order valence-electron chi connectivity index (χ0n) is 17.2. The summed E-state index contributed by atoms with van der Waals surface area (Å²) >= 11 is 3.12. The summed E-state index contributed by atoms with van der Waals surface area (Å²) in [5.41, 5.74) is 1.75. The maximum absolute atomic E-state index is 12.9. The van der Waals surface area contributed by atoms with E-state index in [9.17, 15) is 9.59 Å². The fraction of sp³-hybridized carbons (Fsp3) is 0.273. The molecule has 1 aliphatic heterocycles. The number of thiophene rings is 1. The van der Waals surface area contributed by atoms with Crippen LogP contribution in [0.2, 0.25) is 0 Å². The Hall–Kier alpha value is -2.91. The Morgan fingerprint density at radius 1 is 1.23 bits per heavy atom. The number of fused-ring (bicyclic) bond motifs is 1. The summed E-state index contributed by atoms with van der Waals surface area (Å²) < 4.78 is 5.32. The van der Waals surface area contributed by atoms with Crippen molar-refractivity contribution in [3.05, 3.63) is 64.4 Å². The van der Waals surface area contributed by atoms with E-state index in [0.29, 0.717) is 17.0 Å². The minimum atomic E-state index is -0.581. The molecule has 1 aromatic carbocycles. The molecule has 1 aliphatic rings. The Bertz CT molecular complexity index is 1140. The number of aryl methyl sites for hydroxylation is 1. The van der Waals surface area contributed by atoms with E-state index >= 15 is 0 Å². The minimum Gasteiger partial charge on any atom is -0.463 e. The molecule has 4 rings (SSSR count). The number of rotatable bonds is 7. The van der Waals surface area contributed by atoms with Crippen molar-refractivity contribution in [2.24, 2.45) is 0 Å². The lowest BCUT2D eigenvalue weighted by molar-refractivity contribution is -0.139. The first-order valence-electron chi connectivity index (χ1n) is 9.99. The third-order valence-corrected chi connectivity index (χ3v) is 7.05. The fourth-order valence-corrected chi connectivity index (χ4v) is 5.33. The highest BCUT2D eigenvalue weighted by molar-refractivity contribution is 7.99. The van der Waals surface area contributed by atoms with E-state index in [2.05, 4.69) is 33.6 Å². The normalized spacial score (nSPS) is 16.2. The van der Waals surface area contributed by atoms with Crippen molar-refractivity contribution < 1.29 is 14.3 Å². The molecule has 3 heterocycles. The number of carbonyl (C=O) groups is 2. The third kappa shape index (κ3) is 4.57. The van der Waals surface area contributed by atoms with Crippen molar-refractivity contribution >= 4 is 45.3 Å². The zero-order chi connectivity index (χ0) is 21.8. The van der Waals surface area contributed by atoms with Gasteiger partial charge >= 0.3 is 12.0 Å². The van der Waals surface area contributed by atoms with E-state index in [1.54, 1.807) is 24.6 Å². The Kier molecular flexibility index (Phi) is 6.53. The van der Waals surface area contributed by atoms with Crippen LogP contribution in [0.3, 0.4) is 0 Å². The molecule has 0 saturated heterocycles. The van der Waals surface area contributed by atoms with E-state index in [0.717, 1.165) is 27.2 Å². The average molecular weight is 455 g/mol. The van der Waals surface area contributed by atoms with Gasteiger partial charge in [-0.05, 0) is 25.0 Å². The third-order valence-electron chi connectivity index (χ3n) is 4.83. The Morgan fingerprint density at radius 2 is 2.03 bits per heavy atom. The number of hydrogen-bond acceptors (Lipinski definition) is 7. The van der Waals surface area contributed by atoms with E-state index in [1.165, 1.54) is 16.6 Å². The average Bonchev–Trinajstić information content (AvgIpc) is 3.22. The van der Waals surface area contributed by atoms with E-state index < -0.39 is 12.0 Å². The van der Waals surface area contributed by atoms with Crippen molar-refractivity contribution in [1.82, 2.24) is 20.6 Å². The minimum absolute atomic E-state index is 0.249. The molecule has 7 nitrogen and oxygen atoms in total. The maximum Gasteiger partial charge on any atom is 0.338 e. The standard InChI is InChI=1S/C22H22N4O3S2/c1-3-14-10-15-19(23-12-24-20(15)31-14)30-11-16-17(21(27)29-4-2)18(26-22(28)25-16)13-8-6-5-7-9-13/h5-10,12,18H,3-4,11H2,1-2H3,(H2,25,26,28)/t18-/m1/s1. The number of ether oxygens (including phenoxy) is 1. The van der Waals surface area contributed by atoms with Gasteiger partial charge < -0.3 is 15.4 Å². The van der Waals surface area contributed by atoms with E-state index in [4.69, 9.17) is 4.74 Å². The van der Waals surface area contributed by atoms with Gasteiger partial charge in [0.15, 0.2) is 0 Å². The van der Waals surface area contributed by atoms with Crippen LogP contribution in [0.15, 0.2) is 59.0 Å². The number of hydrogen-bond donors (Lipinski definition) is 2. The predicted molar refractivity (Wildman–Crippen MR) is 122 cm³/mol. The molecule has 0 spiro atoms. The van der Waals surface area contributed by atoms with Crippen molar-refractivity contribution in [1.29, 1.82) is 0 Å². The van der Waals surface area contributed by atoms with E-state index in [1.807, 2.05) is 30.3 Å². The van der Waals surface area contributed by atoms with Crippen LogP contribution in [0.25, 0.3) is 10.2 Å². The van der Waals surface area contributed by atoms with Gasteiger partial charge in [-0.25, -0.2) is 19.6 Å². The number of amides is 2. The summed E-state index contributed by atoms with van der Waals surface area (Å²) in [6, 6.07) is 10.6. The SMILES string of the molecule is CCOC(=O)C1=C(CSc2ncnc3sc(CC)cc23)NC(=O)N[C@@H]1c1ccccc1. The molecule has 0 bridgehead atoms. The van der Waals surface area contributed by atoms with Gasteiger partial charge in [-0.2, -0.15) is 0 Å². The van der Waals surface area contributed by atoms with Gasteiger partial charge in [0.2, 0.25) is 0 Å². The molecule has 3 aromatic rings. The second-order valence-corrected chi connectivity index (χ2v) is 8.89. The van der Waals surface area contributed by atoms with Crippen molar-refractivity contribution in [2.45, 2.75) is 31.3 Å². The highest BCUT2D eigenvalue weighted by Gasteiger charge is 2.33. The number of aromatic nitrogens is 2. The summed E-state index contributed by atoms with van der Waals surface area (Å²) in [6.07, 6.45) is 2.48. The Balaban J connectivity index is 1.70. The first-order chi connectivity index (χ1) is 15.1. The zero-order valence-corrected chi connectivity index (χ0v) is 18.8. The molecule has 9 heteroatoms. The lowest BCUT2D eigenvalue weighted by Crippen LogP contribution is -2.46. The predicted octanol–water partition coefficient (Wildman–Crippen LogP) is 4.22. The topological polar surface area (TPSA) is 93.2 Å². The van der Waals surface area contributed by atoms with Gasteiger partial charge in [0, 0.05) is 21.7 Å². The van der Waals surface area contributed by atoms with Crippen LogP contribution in [-0.2, 0) is 16.0 Å². The first kappa shape index (κ1) is 21.3. The maximum atomic E-state index is 12.9. The molecule has 2 aromatic heterocycles. The summed E-state index contributed by atoms with van der Waals surface area (Å²) in [5, 5.41) is 7.47. The van der Waals surface area contributed by atoms with Gasteiger partial charge in [0.05, 0.1) is 18.2 Å². The van der Waals surface area contributed by atoms with Gasteiger partial charge in [-0.15, -0.1) is 11.3 Å². The molecule has 0 unspecified atom stereocenters. The van der Waals surface area contributed by atoms with Crippen LogP contribution >= 0.6 is 23.1 Å². The summed E-state index contributed by atoms with van der Waals surface area (Å²) in [6.45, 7) is 4.12. The largest absolute Gasteiger partial charge is 0.463 e. The Labute approximate surface area is 188 Å². The van der Waals surface area contributed by atoms with Crippen molar-refractivity contribution in [2.75, 3.05) is 12.4 Å². The molecule has 0 saturated carbocycles. The number of carbonyl (C=O) groups excluding carboxylic acids is 2. The van der Waals surface area contributed by atoms with Gasteiger partial charge in [0.25, 0.3) is 0 Å². The summed E-state index contributed by atoms with van der Waals surface area (Å²) in [7, 11) is 0. The molecule has 1 atom stereocenters. The summed E-state index contributed by atoms with van der Waals surface area (Å²) in [5.74, 6) is -0.0787. The van der Waals surface area contributed by atoms with E-state index in [-0.39, 0.29) is 12.6 Å². The highest BCUT2D eigenvalue weighted by Crippen LogP contribution is 2.34. The molecule has 2 N–H and O–H groups in total. The number of benzene rings is 1. The van der Waals surface area contributed by atoms with Crippen molar-refractivity contribution in [3.63, 3.8) is 0 Å². The Morgan fingerprint density at radius 3 is 2.77 bits per heavy atom. The molecule has 0 fully saturated rings. The second kappa shape index (κ2) is 9.49. The number of thioether (sulfide) groups is 1. The molecular weight excluding hydrogens is 432 g/mol. The molecule has 0 aliphatic carbocycles. The van der Waals surface area contributed by atoms with Crippen LogP contribution < -0.4 is 10.6 Å². The number of nitrogens with one attached hydrogen (secondary N) is 2. The monoisotopic (exact) mass is 454 g/mol. The van der Waals surface area contributed by atoms with Gasteiger partial charge in [-0.1, -0.05) is 49.0 Å². The highest BCUT2D eigenvalue weighted by atomic mass is 32.2. The summed E-state index contributed by atoms with van der Waals surface area (Å²) in [4.78, 5) is 36.2. The number of esters is 1. The van der Waals surface area contributed by atoms with Crippen LogP contribution in [0.4, 0.5) is 4.79 Å². The first-order valence-corrected chi connectivity index (χ1v) is 11.8. The van der Waals surface area contributed by atoms with Crippen LogP contribution in [0, 0.1) is 0 Å². The molecule has 0 radical (unpaired) electrons. The van der Waals surface area contributed by atoms with Crippen LogP contribution in [-0.4, -0.2) is 34.3 Å². The lowest BCUT2D eigenvalue weighted by atomic mass is 9.95. The van der Waals surface area contributed by atoms with Crippen LogP contribution in [0.1, 0.15) is 30.3 Å². The molecular formula is C22H22N4O3S2. The number of urea groups is 1. The molecule has 160 valence electrons. The van der Waals surface area contributed by atoms with Crippen LogP contribution in [0.5, 0.6) is 0 Å². The van der Waals surface area contributed by atoms with Crippen molar-refractivity contribution in [3.8, 4) is 0 Å². The molecule has 31 heavy (non-hydrogen) atoms. The lowest BCUT2D eigenvalue weighted by Gasteiger charge is -2.29. The number of nitrogens with zero attached hydrogens (tertiary/aromatic N) is 2. The smallest absolute Gasteiger partial charge is 0.338 e. The quantitative estimate of drug-likeness (QED) is 0.315. The fourth-order valence-electron chi connectivity index (χ4n) is 3.39.